The van der Waals surface area contributed by atoms with E-state index in [-0.39, 0.29) is 17.5 Å². The van der Waals surface area contributed by atoms with E-state index in [1.165, 1.54) is 35.5 Å². The van der Waals surface area contributed by atoms with Crippen LogP contribution in [0.5, 0.6) is 5.75 Å². The summed E-state index contributed by atoms with van der Waals surface area (Å²) in [4.78, 5) is 17.3. The van der Waals surface area contributed by atoms with Crippen molar-refractivity contribution in [3.8, 4) is 5.75 Å². The lowest BCUT2D eigenvalue weighted by molar-refractivity contribution is 0.0784. The van der Waals surface area contributed by atoms with Crippen molar-refractivity contribution in [2.24, 2.45) is 0 Å². The monoisotopic (exact) mass is 260 g/mol. The number of pyridine rings is 1. The summed E-state index contributed by atoms with van der Waals surface area (Å²) in [5, 5.41) is 9.29. The molecule has 0 spiro atoms. The van der Waals surface area contributed by atoms with Crippen molar-refractivity contribution in [1.82, 2.24) is 9.88 Å². The Kier molecular flexibility index (Phi) is 3.75. The molecular weight excluding hydrogens is 247 g/mol. The molecule has 1 amide bonds. The van der Waals surface area contributed by atoms with Gasteiger partial charge in [0.2, 0.25) is 0 Å². The maximum absolute atomic E-state index is 12.8. The minimum Gasteiger partial charge on any atom is -0.506 e. The average Bonchev–Trinajstić information content (AvgIpc) is 2.40. The minimum absolute atomic E-state index is 0.0546. The van der Waals surface area contributed by atoms with Gasteiger partial charge < -0.3 is 10.0 Å². The molecule has 4 nitrogen and oxygen atoms in total. The van der Waals surface area contributed by atoms with Crippen molar-refractivity contribution in [3.05, 3.63) is 59.7 Å². The predicted octanol–water partition coefficient (Wildman–Crippen LogP) is 2.20. The summed E-state index contributed by atoms with van der Waals surface area (Å²) in [5.41, 5.74) is 1.13. The molecular formula is C14H13FN2O2. The molecule has 2 rings (SSSR count). The van der Waals surface area contributed by atoms with Crippen molar-refractivity contribution in [2.45, 2.75) is 6.54 Å². The molecule has 0 aliphatic carbocycles. The van der Waals surface area contributed by atoms with Gasteiger partial charge >= 0.3 is 0 Å². The summed E-state index contributed by atoms with van der Waals surface area (Å²) in [6.07, 6.45) is 2.65. The maximum Gasteiger partial charge on any atom is 0.255 e. The average molecular weight is 260 g/mol. The number of aromatic nitrogens is 1. The number of carbonyl (C=O) groups is 1. The Hall–Kier alpha value is -2.43. The number of aromatic hydroxyl groups is 1. The van der Waals surface area contributed by atoms with Crippen molar-refractivity contribution in [1.29, 1.82) is 0 Å². The first-order valence-corrected chi connectivity index (χ1v) is 5.70. The molecule has 0 radical (unpaired) electrons. The number of hydrogen-bond donors (Lipinski definition) is 1. The largest absolute Gasteiger partial charge is 0.506 e. The van der Waals surface area contributed by atoms with E-state index in [2.05, 4.69) is 4.98 Å². The van der Waals surface area contributed by atoms with Crippen LogP contribution in [0.1, 0.15) is 15.9 Å². The fourth-order valence-electron chi connectivity index (χ4n) is 1.70. The lowest BCUT2D eigenvalue weighted by Gasteiger charge is -2.17. The standard InChI is InChI=1S/C14H13FN2O2/c1-17(9-10-2-4-12(15)5-3-10)14(19)11-6-13(18)8-16-7-11/h2-8,18H,9H2,1H3. The van der Waals surface area contributed by atoms with Crippen molar-refractivity contribution >= 4 is 5.91 Å². The fourth-order valence-corrected chi connectivity index (χ4v) is 1.70. The molecule has 1 N–H and O–H groups in total. The van der Waals surface area contributed by atoms with Crippen LogP contribution in [0.25, 0.3) is 0 Å². The third-order valence-electron chi connectivity index (χ3n) is 2.65. The van der Waals surface area contributed by atoms with E-state index in [1.807, 2.05) is 0 Å². The van der Waals surface area contributed by atoms with E-state index in [0.29, 0.717) is 12.1 Å². The molecule has 0 fully saturated rings. The number of nitrogens with zero attached hydrogens (tertiary/aromatic N) is 2. The highest BCUT2D eigenvalue weighted by atomic mass is 19.1. The maximum atomic E-state index is 12.8. The third kappa shape index (κ3) is 3.28. The van der Waals surface area contributed by atoms with E-state index in [4.69, 9.17) is 0 Å². The van der Waals surface area contributed by atoms with Crippen molar-refractivity contribution in [3.63, 3.8) is 0 Å². The Labute approximate surface area is 110 Å². The first-order chi connectivity index (χ1) is 9.06. The van der Waals surface area contributed by atoms with Crippen LogP contribution in [0, 0.1) is 5.82 Å². The molecule has 0 saturated heterocycles. The zero-order chi connectivity index (χ0) is 13.8. The Morgan fingerprint density at radius 2 is 2.00 bits per heavy atom. The minimum atomic E-state index is -0.310. The molecule has 0 saturated carbocycles. The van der Waals surface area contributed by atoms with Crippen LogP contribution in [0.15, 0.2) is 42.7 Å². The number of carbonyl (C=O) groups excluding carboxylic acids is 1. The van der Waals surface area contributed by atoms with Gasteiger partial charge in [-0.3, -0.25) is 9.78 Å². The van der Waals surface area contributed by atoms with E-state index in [0.717, 1.165) is 5.56 Å². The van der Waals surface area contributed by atoms with Gasteiger partial charge in [0, 0.05) is 19.8 Å². The van der Waals surface area contributed by atoms with Gasteiger partial charge in [0.15, 0.2) is 0 Å². The number of hydrogen-bond acceptors (Lipinski definition) is 3. The van der Waals surface area contributed by atoms with Gasteiger partial charge in [0.05, 0.1) is 11.8 Å². The normalized spacial score (nSPS) is 10.2. The van der Waals surface area contributed by atoms with E-state index in [1.54, 1.807) is 19.2 Å². The van der Waals surface area contributed by atoms with Crippen LogP contribution in [0.4, 0.5) is 4.39 Å². The van der Waals surface area contributed by atoms with Crippen LogP contribution < -0.4 is 0 Å². The van der Waals surface area contributed by atoms with Crippen LogP contribution in [-0.4, -0.2) is 27.9 Å². The topological polar surface area (TPSA) is 53.4 Å². The predicted molar refractivity (Wildman–Crippen MR) is 68.1 cm³/mol. The third-order valence-corrected chi connectivity index (χ3v) is 2.65. The van der Waals surface area contributed by atoms with E-state index >= 15 is 0 Å². The number of rotatable bonds is 3. The van der Waals surface area contributed by atoms with Gasteiger partial charge in [-0.2, -0.15) is 0 Å². The molecule has 1 heterocycles. The summed E-state index contributed by atoms with van der Waals surface area (Å²) >= 11 is 0. The first kappa shape index (κ1) is 13.0. The lowest BCUT2D eigenvalue weighted by Crippen LogP contribution is -2.26. The molecule has 0 aliphatic heterocycles. The highest BCUT2D eigenvalue weighted by Crippen LogP contribution is 2.12. The zero-order valence-corrected chi connectivity index (χ0v) is 10.4. The van der Waals surface area contributed by atoms with Crippen LogP contribution in [-0.2, 0) is 6.54 Å². The first-order valence-electron chi connectivity index (χ1n) is 5.70. The molecule has 0 atom stereocenters. The quantitative estimate of drug-likeness (QED) is 0.920. The van der Waals surface area contributed by atoms with Gasteiger partial charge in [0.1, 0.15) is 11.6 Å². The van der Waals surface area contributed by atoms with Crippen molar-refractivity contribution < 1.29 is 14.3 Å². The van der Waals surface area contributed by atoms with Crippen LogP contribution in [0.2, 0.25) is 0 Å². The summed E-state index contributed by atoms with van der Waals surface area (Å²) in [6, 6.07) is 7.31. The van der Waals surface area contributed by atoms with Gasteiger partial charge in [-0.1, -0.05) is 12.1 Å². The number of benzene rings is 1. The van der Waals surface area contributed by atoms with Crippen LogP contribution >= 0.6 is 0 Å². The zero-order valence-electron chi connectivity index (χ0n) is 10.4. The summed E-state index contributed by atoms with van der Waals surface area (Å²) in [7, 11) is 1.63. The fraction of sp³-hybridized carbons (Fsp3) is 0.143. The second-order valence-corrected chi connectivity index (χ2v) is 4.22. The molecule has 0 bridgehead atoms. The van der Waals surface area contributed by atoms with E-state index < -0.39 is 0 Å². The van der Waals surface area contributed by atoms with Crippen LogP contribution in [0.3, 0.4) is 0 Å². The molecule has 19 heavy (non-hydrogen) atoms. The second-order valence-electron chi connectivity index (χ2n) is 4.22. The Morgan fingerprint density at radius 3 is 2.63 bits per heavy atom. The molecule has 5 heteroatoms. The van der Waals surface area contributed by atoms with Crippen molar-refractivity contribution in [2.75, 3.05) is 7.05 Å². The lowest BCUT2D eigenvalue weighted by atomic mass is 10.2. The molecule has 1 aromatic carbocycles. The van der Waals surface area contributed by atoms with Gasteiger partial charge in [-0.15, -0.1) is 0 Å². The Bertz CT molecular complexity index is 584. The molecule has 2 aromatic rings. The van der Waals surface area contributed by atoms with Gasteiger partial charge in [-0.05, 0) is 23.8 Å². The van der Waals surface area contributed by atoms with E-state index in [9.17, 15) is 14.3 Å². The highest BCUT2D eigenvalue weighted by Gasteiger charge is 2.13. The SMILES string of the molecule is CN(Cc1ccc(F)cc1)C(=O)c1cncc(O)c1. The Balaban J connectivity index is 2.09. The summed E-state index contributed by atoms with van der Waals surface area (Å²) < 4.78 is 12.8. The second kappa shape index (κ2) is 5.48. The molecule has 98 valence electrons. The smallest absolute Gasteiger partial charge is 0.255 e. The summed E-state index contributed by atoms with van der Waals surface area (Å²) in [6.45, 7) is 0.356. The molecule has 1 aromatic heterocycles. The van der Waals surface area contributed by atoms with Gasteiger partial charge in [-0.25, -0.2) is 4.39 Å². The summed E-state index contributed by atoms with van der Waals surface area (Å²) in [5.74, 6) is -0.622. The molecule has 0 unspecified atom stereocenters. The van der Waals surface area contributed by atoms with Gasteiger partial charge in [0.25, 0.3) is 5.91 Å². The Morgan fingerprint density at radius 1 is 1.32 bits per heavy atom. The molecule has 0 aliphatic rings. The highest BCUT2D eigenvalue weighted by molar-refractivity contribution is 5.94. The number of halogens is 1. The number of amides is 1.